The van der Waals surface area contributed by atoms with Crippen LogP contribution in [0.1, 0.15) is 29.2 Å². The maximum absolute atomic E-state index is 12.6. The van der Waals surface area contributed by atoms with Crippen molar-refractivity contribution in [1.82, 2.24) is 4.83 Å². The Labute approximate surface area is 168 Å². The van der Waals surface area contributed by atoms with Crippen LogP contribution in [0.2, 0.25) is 0 Å². The van der Waals surface area contributed by atoms with Crippen LogP contribution in [0.4, 0.5) is 0 Å². The Kier molecular flexibility index (Phi) is 6.89. The number of hydrazone groups is 1. The summed E-state index contributed by atoms with van der Waals surface area (Å²) >= 11 is 3.42. The fourth-order valence-corrected chi connectivity index (χ4v) is 4.80. The normalized spacial score (nSPS) is 11.6. The van der Waals surface area contributed by atoms with E-state index in [9.17, 15) is 8.42 Å². The van der Waals surface area contributed by atoms with E-state index >= 15 is 0 Å². The summed E-state index contributed by atoms with van der Waals surface area (Å²) in [4.78, 5) is 2.53. The van der Waals surface area contributed by atoms with Crippen molar-refractivity contribution in [3.63, 3.8) is 0 Å². The summed E-state index contributed by atoms with van der Waals surface area (Å²) in [6.07, 6.45) is 1.42. The fourth-order valence-electron chi connectivity index (χ4n) is 2.93. The zero-order valence-electron chi connectivity index (χ0n) is 16.0. The van der Waals surface area contributed by atoms with Gasteiger partial charge in [0.15, 0.2) is 11.5 Å². The highest BCUT2D eigenvalue weighted by atomic mass is 79.9. The highest BCUT2D eigenvalue weighted by Crippen LogP contribution is 2.36. The van der Waals surface area contributed by atoms with E-state index in [4.69, 9.17) is 9.47 Å². The monoisotopic (exact) mass is 454 g/mol. The fraction of sp³-hybridized carbons (Fsp3) is 0.316. The Bertz CT molecular complexity index is 949. The molecule has 0 unspecified atom stereocenters. The number of nitrogens with zero attached hydrogens (tertiary/aromatic N) is 1. The number of nitrogens with one attached hydrogen (secondary N) is 1. The van der Waals surface area contributed by atoms with E-state index in [1.807, 2.05) is 26.0 Å². The second-order valence-corrected chi connectivity index (χ2v) is 8.50. The Hall–Kier alpha value is -2.06. The Balaban J connectivity index is 2.29. The molecule has 2 rings (SSSR count). The molecule has 27 heavy (non-hydrogen) atoms. The molecule has 0 aliphatic heterocycles. The maximum atomic E-state index is 12.6. The Morgan fingerprint density at radius 3 is 2.33 bits per heavy atom. The van der Waals surface area contributed by atoms with Crippen LogP contribution in [0.15, 0.2) is 38.7 Å². The van der Waals surface area contributed by atoms with Crippen LogP contribution in [0, 0.1) is 20.8 Å². The van der Waals surface area contributed by atoms with Crippen LogP contribution < -0.4 is 14.3 Å². The molecule has 0 bridgehead atoms. The smallest absolute Gasteiger partial charge is 0.277 e. The minimum atomic E-state index is -3.77. The van der Waals surface area contributed by atoms with Gasteiger partial charge >= 0.3 is 0 Å². The number of sulfonamides is 1. The van der Waals surface area contributed by atoms with Gasteiger partial charge in [0, 0.05) is 0 Å². The van der Waals surface area contributed by atoms with Crippen LogP contribution in [0.3, 0.4) is 0 Å². The van der Waals surface area contributed by atoms with E-state index in [1.165, 1.54) is 6.21 Å². The predicted molar refractivity (Wildman–Crippen MR) is 110 cm³/mol. The number of benzene rings is 2. The molecule has 2 aromatic rings. The third kappa shape index (κ3) is 5.01. The van der Waals surface area contributed by atoms with Crippen molar-refractivity contribution < 1.29 is 17.9 Å². The second-order valence-electron chi connectivity index (χ2n) is 6.05. The number of hydrogen-bond donors (Lipinski definition) is 1. The first-order valence-corrected chi connectivity index (χ1v) is 10.6. The lowest BCUT2D eigenvalue weighted by Crippen LogP contribution is -2.20. The molecular weight excluding hydrogens is 432 g/mol. The second kappa shape index (κ2) is 8.75. The first-order chi connectivity index (χ1) is 12.7. The van der Waals surface area contributed by atoms with Gasteiger partial charge in [-0.25, -0.2) is 4.83 Å². The highest BCUT2D eigenvalue weighted by Gasteiger charge is 2.19. The van der Waals surface area contributed by atoms with Gasteiger partial charge in [-0.05, 0) is 72.4 Å². The first-order valence-electron chi connectivity index (χ1n) is 8.32. The zero-order valence-corrected chi connectivity index (χ0v) is 18.4. The maximum Gasteiger partial charge on any atom is 0.277 e. The van der Waals surface area contributed by atoms with Crippen LogP contribution in [-0.4, -0.2) is 28.3 Å². The van der Waals surface area contributed by atoms with Crippen molar-refractivity contribution in [1.29, 1.82) is 0 Å². The molecule has 0 saturated heterocycles. The number of methoxy groups -OCH3 is 1. The van der Waals surface area contributed by atoms with Crippen LogP contribution in [0.25, 0.3) is 0 Å². The van der Waals surface area contributed by atoms with Gasteiger partial charge in [-0.1, -0.05) is 17.7 Å². The van der Waals surface area contributed by atoms with E-state index in [-0.39, 0.29) is 4.90 Å². The summed E-state index contributed by atoms with van der Waals surface area (Å²) in [5, 5.41) is 3.91. The summed E-state index contributed by atoms with van der Waals surface area (Å²) in [6, 6.07) is 7.16. The van der Waals surface area contributed by atoms with Gasteiger partial charge < -0.3 is 9.47 Å². The molecule has 0 aliphatic rings. The zero-order chi connectivity index (χ0) is 20.2. The van der Waals surface area contributed by atoms with E-state index in [0.717, 1.165) is 5.56 Å². The summed E-state index contributed by atoms with van der Waals surface area (Å²) in [6.45, 7) is 7.82. The topological polar surface area (TPSA) is 77.0 Å². The number of hydrogen-bond acceptors (Lipinski definition) is 5. The molecule has 2 aromatic carbocycles. The van der Waals surface area contributed by atoms with Crippen LogP contribution in [-0.2, 0) is 10.0 Å². The lowest BCUT2D eigenvalue weighted by molar-refractivity contribution is 0.310. The summed E-state index contributed by atoms with van der Waals surface area (Å²) in [5.41, 5.74) is 3.03. The van der Waals surface area contributed by atoms with Gasteiger partial charge in [-0.15, -0.1) is 0 Å². The molecule has 0 aromatic heterocycles. The molecule has 6 nitrogen and oxygen atoms in total. The minimum Gasteiger partial charge on any atom is -0.492 e. The molecule has 0 aliphatic carbocycles. The number of halogens is 1. The summed E-state index contributed by atoms with van der Waals surface area (Å²) in [5.74, 6) is 1.12. The molecule has 1 N–H and O–H groups in total. The molecule has 0 spiro atoms. The first kappa shape index (κ1) is 21.2. The van der Waals surface area contributed by atoms with E-state index < -0.39 is 10.0 Å². The molecule has 0 radical (unpaired) electrons. The van der Waals surface area contributed by atoms with Crippen LogP contribution in [0.5, 0.6) is 11.5 Å². The molecule has 0 atom stereocenters. The lowest BCUT2D eigenvalue weighted by atomic mass is 10.1. The molecular formula is C19H23BrN2O4S. The molecule has 8 heteroatoms. The molecule has 0 amide bonds. The number of rotatable bonds is 7. The lowest BCUT2D eigenvalue weighted by Gasteiger charge is -2.12. The van der Waals surface area contributed by atoms with Crippen molar-refractivity contribution in [3.05, 3.63) is 51.0 Å². The minimum absolute atomic E-state index is 0.246. The van der Waals surface area contributed by atoms with Crippen LogP contribution >= 0.6 is 15.9 Å². The molecule has 0 heterocycles. The average Bonchev–Trinajstić information content (AvgIpc) is 2.53. The Morgan fingerprint density at radius 1 is 1.15 bits per heavy atom. The Morgan fingerprint density at radius 2 is 1.78 bits per heavy atom. The van der Waals surface area contributed by atoms with Gasteiger partial charge in [0.1, 0.15) is 0 Å². The van der Waals surface area contributed by atoms with Gasteiger partial charge in [0.25, 0.3) is 10.0 Å². The quantitative estimate of drug-likeness (QED) is 0.504. The summed E-state index contributed by atoms with van der Waals surface area (Å²) in [7, 11) is -2.22. The van der Waals surface area contributed by atoms with Crippen molar-refractivity contribution in [2.75, 3.05) is 13.7 Å². The molecule has 0 saturated carbocycles. The third-order valence-corrected chi connectivity index (χ3v) is 5.91. The van der Waals surface area contributed by atoms with Gasteiger partial charge in [-0.2, -0.15) is 13.5 Å². The number of ether oxygens (including phenoxy) is 2. The van der Waals surface area contributed by atoms with Crippen molar-refractivity contribution in [2.45, 2.75) is 32.6 Å². The average molecular weight is 455 g/mol. The van der Waals surface area contributed by atoms with Gasteiger partial charge in [-0.3, -0.25) is 0 Å². The van der Waals surface area contributed by atoms with Gasteiger partial charge in [0.05, 0.1) is 29.3 Å². The third-order valence-electron chi connectivity index (χ3n) is 3.80. The van der Waals surface area contributed by atoms with Crippen molar-refractivity contribution in [3.8, 4) is 11.5 Å². The van der Waals surface area contributed by atoms with Crippen molar-refractivity contribution in [2.24, 2.45) is 5.10 Å². The van der Waals surface area contributed by atoms with Crippen molar-refractivity contribution >= 4 is 32.2 Å². The van der Waals surface area contributed by atoms with Gasteiger partial charge in [0.2, 0.25) is 0 Å². The molecule has 0 fully saturated rings. The predicted octanol–water partition coefficient (Wildman–Crippen LogP) is 4.09. The molecule has 146 valence electrons. The van der Waals surface area contributed by atoms with E-state index in [0.29, 0.717) is 39.3 Å². The SMILES string of the molecule is CCOc1cc(/C=N/NS(=O)(=O)c2c(C)cc(C)cc2C)cc(Br)c1OC. The summed E-state index contributed by atoms with van der Waals surface area (Å²) < 4.78 is 36.8. The van der Waals surface area contributed by atoms with E-state index in [1.54, 1.807) is 33.1 Å². The standard InChI is InChI=1S/C19H23BrN2O4S/c1-6-26-17-10-15(9-16(20)18(17)25-5)11-21-22-27(23,24)19-13(3)7-12(2)8-14(19)4/h7-11,22H,6H2,1-5H3/b21-11+. The number of aryl methyl sites for hydroxylation is 3. The highest BCUT2D eigenvalue weighted by molar-refractivity contribution is 9.10. The largest absolute Gasteiger partial charge is 0.492 e. The van der Waals surface area contributed by atoms with E-state index in [2.05, 4.69) is 25.9 Å².